The minimum atomic E-state index is -0.343. The highest BCUT2D eigenvalue weighted by Crippen LogP contribution is 2.32. The highest BCUT2D eigenvalue weighted by atomic mass is 19.1. The number of likely N-dealkylation sites (tertiary alicyclic amines) is 1. The Labute approximate surface area is 151 Å². The molecule has 1 aromatic carbocycles. The monoisotopic (exact) mass is 350 g/mol. The number of carbonyl (C=O) groups excluding carboxylic acids is 1. The van der Waals surface area contributed by atoms with Gasteiger partial charge in [0.1, 0.15) is 17.5 Å². The fourth-order valence-electron chi connectivity index (χ4n) is 3.45. The van der Waals surface area contributed by atoms with Gasteiger partial charge in [-0.1, -0.05) is 6.07 Å². The van der Waals surface area contributed by atoms with Crippen molar-refractivity contribution in [2.75, 3.05) is 6.54 Å². The minimum Gasteiger partial charge on any atom is -0.330 e. The van der Waals surface area contributed by atoms with Crippen LogP contribution in [0.3, 0.4) is 0 Å². The van der Waals surface area contributed by atoms with Gasteiger partial charge in [0, 0.05) is 24.5 Å². The van der Waals surface area contributed by atoms with E-state index in [2.05, 4.69) is 4.98 Å². The Bertz CT molecular complexity index is 935. The largest absolute Gasteiger partial charge is 0.330 e. The van der Waals surface area contributed by atoms with Crippen LogP contribution >= 0.6 is 0 Å². The average Bonchev–Trinajstić information content (AvgIpc) is 3.31. The maximum Gasteiger partial charge on any atom is 0.254 e. The molecule has 0 spiro atoms. The van der Waals surface area contributed by atoms with E-state index >= 15 is 0 Å². The number of aromatic nitrogens is 3. The molecule has 0 radical (unpaired) electrons. The molecule has 1 fully saturated rings. The fraction of sp³-hybridized carbons (Fsp3) is 0.250. The SMILES string of the molecule is Cc1nccn1-c1cccc([C@H]2CCCN2C(=O)c2ccc(F)cc2)n1. The number of pyridine rings is 1. The van der Waals surface area contributed by atoms with Crippen LogP contribution in [0.1, 0.15) is 40.8 Å². The summed E-state index contributed by atoms with van der Waals surface area (Å²) in [6.45, 7) is 2.60. The molecule has 0 N–H and O–H groups in total. The second-order valence-electron chi connectivity index (χ2n) is 6.43. The number of carbonyl (C=O) groups is 1. The maximum atomic E-state index is 13.1. The summed E-state index contributed by atoms with van der Waals surface area (Å²) in [5.74, 6) is 1.22. The number of imidazole rings is 1. The van der Waals surface area contributed by atoms with E-state index < -0.39 is 0 Å². The van der Waals surface area contributed by atoms with Crippen LogP contribution in [0.4, 0.5) is 4.39 Å². The zero-order valence-corrected chi connectivity index (χ0v) is 14.5. The lowest BCUT2D eigenvalue weighted by Gasteiger charge is -2.25. The van der Waals surface area contributed by atoms with Gasteiger partial charge >= 0.3 is 0 Å². The molecule has 4 rings (SSSR count). The first-order valence-corrected chi connectivity index (χ1v) is 8.67. The quantitative estimate of drug-likeness (QED) is 0.724. The van der Waals surface area contributed by atoms with Crippen LogP contribution < -0.4 is 0 Å². The zero-order valence-electron chi connectivity index (χ0n) is 14.5. The van der Waals surface area contributed by atoms with Crippen molar-refractivity contribution in [3.63, 3.8) is 0 Å². The van der Waals surface area contributed by atoms with Gasteiger partial charge in [0.15, 0.2) is 0 Å². The number of halogens is 1. The van der Waals surface area contributed by atoms with Crippen molar-refractivity contribution in [2.45, 2.75) is 25.8 Å². The molecule has 0 bridgehead atoms. The van der Waals surface area contributed by atoms with Crippen molar-refractivity contribution < 1.29 is 9.18 Å². The Morgan fingerprint density at radius 3 is 2.73 bits per heavy atom. The van der Waals surface area contributed by atoms with Crippen molar-refractivity contribution >= 4 is 5.91 Å². The predicted molar refractivity (Wildman–Crippen MR) is 95.5 cm³/mol. The third-order valence-electron chi connectivity index (χ3n) is 4.77. The Morgan fingerprint density at radius 2 is 2.00 bits per heavy atom. The molecule has 0 aliphatic carbocycles. The predicted octanol–water partition coefficient (Wildman–Crippen LogP) is 3.69. The summed E-state index contributed by atoms with van der Waals surface area (Å²) < 4.78 is 15.1. The first-order chi connectivity index (χ1) is 12.6. The van der Waals surface area contributed by atoms with E-state index in [1.165, 1.54) is 24.3 Å². The van der Waals surface area contributed by atoms with Crippen LogP contribution in [0.2, 0.25) is 0 Å². The number of nitrogens with zero attached hydrogens (tertiary/aromatic N) is 4. The van der Waals surface area contributed by atoms with Crippen molar-refractivity contribution in [3.8, 4) is 5.82 Å². The van der Waals surface area contributed by atoms with Crippen molar-refractivity contribution in [3.05, 3.63) is 77.8 Å². The van der Waals surface area contributed by atoms with E-state index in [9.17, 15) is 9.18 Å². The van der Waals surface area contributed by atoms with Crippen molar-refractivity contribution in [2.24, 2.45) is 0 Å². The number of rotatable bonds is 3. The molecule has 5 nitrogen and oxygen atoms in total. The molecule has 1 amide bonds. The van der Waals surface area contributed by atoms with E-state index in [0.29, 0.717) is 12.1 Å². The van der Waals surface area contributed by atoms with Gasteiger partial charge in [0.25, 0.3) is 5.91 Å². The van der Waals surface area contributed by atoms with E-state index in [1.807, 2.05) is 40.8 Å². The lowest BCUT2D eigenvalue weighted by atomic mass is 10.1. The van der Waals surface area contributed by atoms with Crippen LogP contribution in [0.5, 0.6) is 0 Å². The van der Waals surface area contributed by atoms with Crippen molar-refractivity contribution in [1.29, 1.82) is 0 Å². The summed E-state index contributed by atoms with van der Waals surface area (Å²) in [4.78, 5) is 23.7. The number of benzene rings is 1. The van der Waals surface area contributed by atoms with Crippen LogP contribution in [-0.2, 0) is 0 Å². The topological polar surface area (TPSA) is 51.0 Å². The Balaban J connectivity index is 1.63. The first-order valence-electron chi connectivity index (χ1n) is 8.67. The van der Waals surface area contributed by atoms with Crippen LogP contribution in [0.25, 0.3) is 5.82 Å². The number of hydrogen-bond donors (Lipinski definition) is 0. The zero-order chi connectivity index (χ0) is 18.1. The average molecular weight is 350 g/mol. The number of hydrogen-bond acceptors (Lipinski definition) is 3. The van der Waals surface area contributed by atoms with Crippen LogP contribution in [-0.4, -0.2) is 31.9 Å². The molecular weight excluding hydrogens is 331 g/mol. The summed E-state index contributed by atoms with van der Waals surface area (Å²) in [6, 6.07) is 11.5. The van der Waals surface area contributed by atoms with Gasteiger partial charge in [0.2, 0.25) is 0 Å². The second-order valence-corrected chi connectivity index (χ2v) is 6.43. The smallest absolute Gasteiger partial charge is 0.254 e. The molecule has 132 valence electrons. The van der Waals surface area contributed by atoms with E-state index in [-0.39, 0.29) is 17.8 Å². The number of aryl methyl sites for hydroxylation is 1. The van der Waals surface area contributed by atoms with Gasteiger partial charge in [-0.2, -0.15) is 0 Å². The molecule has 3 aromatic rings. The summed E-state index contributed by atoms with van der Waals surface area (Å²) in [5.41, 5.74) is 1.36. The van der Waals surface area contributed by atoms with Crippen LogP contribution in [0.15, 0.2) is 54.9 Å². The molecule has 1 aliphatic heterocycles. The lowest BCUT2D eigenvalue weighted by molar-refractivity contribution is 0.0733. The first kappa shape index (κ1) is 16.4. The third-order valence-corrected chi connectivity index (χ3v) is 4.77. The van der Waals surface area contributed by atoms with Gasteiger partial charge < -0.3 is 4.90 Å². The van der Waals surface area contributed by atoms with Gasteiger partial charge in [-0.25, -0.2) is 14.4 Å². The Kier molecular flexibility index (Phi) is 4.24. The van der Waals surface area contributed by atoms with E-state index in [0.717, 1.165) is 30.2 Å². The summed E-state index contributed by atoms with van der Waals surface area (Å²) >= 11 is 0. The Hall–Kier alpha value is -3.02. The summed E-state index contributed by atoms with van der Waals surface area (Å²) in [5, 5.41) is 0. The highest BCUT2D eigenvalue weighted by Gasteiger charge is 2.31. The molecule has 1 aliphatic rings. The normalized spacial score (nSPS) is 16.8. The molecule has 0 unspecified atom stereocenters. The third kappa shape index (κ3) is 2.98. The van der Waals surface area contributed by atoms with Crippen molar-refractivity contribution in [1.82, 2.24) is 19.4 Å². The fourth-order valence-corrected chi connectivity index (χ4v) is 3.45. The van der Waals surface area contributed by atoms with Crippen LogP contribution in [0, 0.1) is 12.7 Å². The molecule has 6 heteroatoms. The molecule has 1 saturated heterocycles. The standard InChI is InChI=1S/C20H19FN4O/c1-14-22-11-13-24(14)19-6-2-4-17(23-19)18-5-3-12-25(18)20(26)15-7-9-16(21)10-8-15/h2,4,6-11,13,18H,3,5,12H2,1H3/t18-/m1/s1. The second kappa shape index (κ2) is 6.71. The molecular formula is C20H19FN4O. The van der Waals surface area contributed by atoms with Gasteiger partial charge in [-0.15, -0.1) is 0 Å². The Morgan fingerprint density at radius 1 is 1.19 bits per heavy atom. The minimum absolute atomic E-state index is 0.0728. The summed E-state index contributed by atoms with van der Waals surface area (Å²) in [6.07, 6.45) is 5.40. The highest BCUT2D eigenvalue weighted by molar-refractivity contribution is 5.94. The molecule has 1 atom stereocenters. The molecule has 2 aromatic heterocycles. The van der Waals surface area contributed by atoms with Gasteiger partial charge in [0.05, 0.1) is 11.7 Å². The maximum absolute atomic E-state index is 13.1. The molecule has 26 heavy (non-hydrogen) atoms. The number of amides is 1. The van der Waals surface area contributed by atoms with E-state index in [1.54, 1.807) is 6.20 Å². The van der Waals surface area contributed by atoms with Gasteiger partial charge in [-0.05, 0) is 56.2 Å². The summed E-state index contributed by atoms with van der Waals surface area (Å²) in [7, 11) is 0. The van der Waals surface area contributed by atoms with E-state index in [4.69, 9.17) is 4.98 Å². The molecule has 0 saturated carbocycles. The lowest BCUT2D eigenvalue weighted by Crippen LogP contribution is -2.31. The van der Waals surface area contributed by atoms with Gasteiger partial charge in [-0.3, -0.25) is 9.36 Å². The molecule has 3 heterocycles.